The van der Waals surface area contributed by atoms with Gasteiger partial charge in [0.2, 0.25) is 0 Å². The van der Waals surface area contributed by atoms with Crippen LogP contribution >= 0.6 is 0 Å². The van der Waals surface area contributed by atoms with Crippen molar-refractivity contribution < 1.29 is 9.84 Å². The van der Waals surface area contributed by atoms with E-state index in [1.54, 1.807) is 7.11 Å². The van der Waals surface area contributed by atoms with Crippen LogP contribution in [0.2, 0.25) is 0 Å². The molecule has 3 N–H and O–H groups in total. The molecule has 2 aromatic heterocycles. The molecular formula is C15H15N3O3. The fourth-order valence-electron chi connectivity index (χ4n) is 2.32. The first-order chi connectivity index (χ1) is 10.2. The van der Waals surface area contributed by atoms with Gasteiger partial charge in [0, 0.05) is 23.2 Å². The van der Waals surface area contributed by atoms with Crippen molar-refractivity contribution in [3.8, 4) is 11.5 Å². The summed E-state index contributed by atoms with van der Waals surface area (Å²) in [6.45, 7) is 0. The highest BCUT2D eigenvalue weighted by Gasteiger charge is 2.07. The van der Waals surface area contributed by atoms with Gasteiger partial charge in [0.05, 0.1) is 12.8 Å². The molecule has 0 aliphatic carbocycles. The van der Waals surface area contributed by atoms with E-state index in [9.17, 15) is 9.90 Å². The second-order valence-corrected chi connectivity index (χ2v) is 4.80. The van der Waals surface area contributed by atoms with Crippen molar-refractivity contribution >= 4 is 10.9 Å². The monoisotopic (exact) mass is 285 g/mol. The lowest BCUT2D eigenvalue weighted by molar-refractivity contribution is 0.415. The molecule has 6 heteroatoms. The van der Waals surface area contributed by atoms with Crippen molar-refractivity contribution in [2.24, 2.45) is 0 Å². The minimum Gasteiger partial charge on any atom is -0.503 e. The number of H-pyrrole nitrogens is 2. The summed E-state index contributed by atoms with van der Waals surface area (Å²) in [4.78, 5) is 14.3. The van der Waals surface area contributed by atoms with Gasteiger partial charge >= 0.3 is 5.56 Å². The molecule has 0 bridgehead atoms. The molecular weight excluding hydrogens is 270 g/mol. The number of aromatic hydroxyl groups is 1. The predicted octanol–water partition coefficient (Wildman–Crippen LogP) is 1.75. The number of aromatic nitrogens is 3. The highest BCUT2D eigenvalue weighted by molar-refractivity contribution is 5.84. The van der Waals surface area contributed by atoms with Gasteiger partial charge in [-0.15, -0.1) is 0 Å². The first-order valence-corrected chi connectivity index (χ1v) is 6.59. The summed E-state index contributed by atoms with van der Waals surface area (Å²) in [5.41, 5.74) is 2.25. The van der Waals surface area contributed by atoms with E-state index in [-0.39, 0.29) is 5.75 Å². The molecule has 0 saturated carbocycles. The summed E-state index contributed by atoms with van der Waals surface area (Å²) in [7, 11) is 1.64. The van der Waals surface area contributed by atoms with E-state index in [1.165, 1.54) is 6.07 Å². The third-order valence-electron chi connectivity index (χ3n) is 3.46. The molecule has 0 radical (unpaired) electrons. The Morgan fingerprint density at radius 3 is 2.90 bits per heavy atom. The molecule has 0 spiro atoms. The number of fused-ring (bicyclic) bond motifs is 1. The number of aromatic amines is 2. The quantitative estimate of drug-likeness (QED) is 0.681. The first-order valence-electron chi connectivity index (χ1n) is 6.59. The van der Waals surface area contributed by atoms with Crippen LogP contribution in [0.25, 0.3) is 10.9 Å². The Balaban J connectivity index is 1.84. The van der Waals surface area contributed by atoms with E-state index < -0.39 is 5.56 Å². The summed E-state index contributed by atoms with van der Waals surface area (Å²) in [5, 5.41) is 16.7. The van der Waals surface area contributed by atoms with Gasteiger partial charge in [0.15, 0.2) is 5.75 Å². The van der Waals surface area contributed by atoms with E-state index in [1.807, 2.05) is 24.4 Å². The molecule has 2 heterocycles. The number of hydrogen-bond acceptors (Lipinski definition) is 4. The van der Waals surface area contributed by atoms with Crippen LogP contribution in [0.1, 0.15) is 11.3 Å². The first kappa shape index (κ1) is 13.2. The molecule has 0 amide bonds. The van der Waals surface area contributed by atoms with Crippen LogP contribution in [0, 0.1) is 0 Å². The summed E-state index contributed by atoms with van der Waals surface area (Å²) in [5.74, 6) is 0.503. The lowest BCUT2D eigenvalue weighted by atomic mass is 10.1. The van der Waals surface area contributed by atoms with Crippen LogP contribution in [0.5, 0.6) is 11.5 Å². The fourth-order valence-corrected chi connectivity index (χ4v) is 2.32. The van der Waals surface area contributed by atoms with Crippen molar-refractivity contribution in [3.63, 3.8) is 0 Å². The van der Waals surface area contributed by atoms with E-state index in [2.05, 4.69) is 15.2 Å². The summed E-state index contributed by atoms with van der Waals surface area (Å²) in [6, 6.07) is 7.26. The second-order valence-electron chi connectivity index (χ2n) is 4.80. The van der Waals surface area contributed by atoms with Crippen molar-refractivity contribution in [2.45, 2.75) is 12.8 Å². The Bertz CT molecular complexity index is 836. The summed E-state index contributed by atoms with van der Waals surface area (Å²) < 4.78 is 5.24. The minimum atomic E-state index is -0.574. The predicted molar refractivity (Wildman–Crippen MR) is 78.8 cm³/mol. The van der Waals surface area contributed by atoms with Crippen molar-refractivity contribution in [1.29, 1.82) is 0 Å². The Hall–Kier alpha value is -2.76. The molecule has 3 rings (SSSR count). The zero-order chi connectivity index (χ0) is 14.8. The highest BCUT2D eigenvalue weighted by Crippen LogP contribution is 2.24. The number of nitrogens with one attached hydrogen (secondary N) is 2. The molecule has 0 saturated heterocycles. The van der Waals surface area contributed by atoms with Gasteiger partial charge in [0.1, 0.15) is 5.75 Å². The maximum atomic E-state index is 11.1. The third kappa shape index (κ3) is 2.60. The van der Waals surface area contributed by atoms with Crippen LogP contribution in [-0.2, 0) is 12.8 Å². The van der Waals surface area contributed by atoms with Gasteiger partial charge < -0.3 is 14.8 Å². The SMILES string of the molecule is COc1ccc2[nH]cc(CCc3cc(O)c(=O)[nH]n3)c2c1. The van der Waals surface area contributed by atoms with Crippen LogP contribution < -0.4 is 10.3 Å². The lowest BCUT2D eigenvalue weighted by Gasteiger charge is -2.02. The number of methoxy groups -OCH3 is 1. The Kier molecular flexibility index (Phi) is 3.35. The molecule has 0 atom stereocenters. The number of benzene rings is 1. The normalized spacial score (nSPS) is 10.9. The van der Waals surface area contributed by atoms with Crippen LogP contribution in [0.3, 0.4) is 0 Å². The molecule has 0 aliphatic rings. The third-order valence-corrected chi connectivity index (χ3v) is 3.46. The van der Waals surface area contributed by atoms with E-state index in [4.69, 9.17) is 4.74 Å². The Morgan fingerprint density at radius 2 is 2.14 bits per heavy atom. The number of ether oxygens (including phenoxy) is 1. The highest BCUT2D eigenvalue weighted by atomic mass is 16.5. The minimum absolute atomic E-state index is 0.305. The van der Waals surface area contributed by atoms with Crippen LogP contribution in [0.4, 0.5) is 0 Å². The second kappa shape index (κ2) is 5.32. The van der Waals surface area contributed by atoms with Crippen LogP contribution in [-0.4, -0.2) is 27.4 Å². The van der Waals surface area contributed by atoms with Gasteiger partial charge in [-0.3, -0.25) is 4.79 Å². The summed E-state index contributed by atoms with van der Waals surface area (Å²) in [6.07, 6.45) is 3.32. The van der Waals surface area contributed by atoms with Crippen molar-refractivity contribution in [1.82, 2.24) is 15.2 Å². The smallest absolute Gasteiger partial charge is 0.306 e. The molecule has 6 nitrogen and oxygen atoms in total. The van der Waals surface area contributed by atoms with E-state index in [0.717, 1.165) is 28.6 Å². The number of rotatable bonds is 4. The maximum Gasteiger partial charge on any atom is 0.306 e. The fraction of sp³-hybridized carbons (Fsp3) is 0.200. The molecule has 0 unspecified atom stereocenters. The standard InChI is InChI=1S/C15H15N3O3/c1-21-11-4-5-13-12(7-11)9(8-16-13)2-3-10-6-14(19)15(20)18-17-10/h4-8,16H,2-3H2,1H3,(H,17,19)(H,18,20). The average Bonchev–Trinajstić information content (AvgIpc) is 2.90. The Labute approximate surface area is 120 Å². The van der Waals surface area contributed by atoms with Crippen molar-refractivity contribution in [3.05, 3.63) is 52.1 Å². The zero-order valence-corrected chi connectivity index (χ0v) is 11.5. The zero-order valence-electron chi connectivity index (χ0n) is 11.5. The van der Waals surface area contributed by atoms with Crippen molar-refractivity contribution in [2.75, 3.05) is 7.11 Å². The topological polar surface area (TPSA) is 91.0 Å². The average molecular weight is 285 g/mol. The van der Waals surface area contributed by atoms with Gasteiger partial charge in [0.25, 0.3) is 0 Å². The van der Waals surface area contributed by atoms with E-state index in [0.29, 0.717) is 12.1 Å². The molecule has 0 aliphatic heterocycles. The Morgan fingerprint density at radius 1 is 1.29 bits per heavy atom. The van der Waals surface area contributed by atoms with Gasteiger partial charge in [-0.05, 0) is 36.6 Å². The largest absolute Gasteiger partial charge is 0.503 e. The summed E-state index contributed by atoms with van der Waals surface area (Å²) >= 11 is 0. The molecule has 0 fully saturated rings. The number of hydrogen-bond donors (Lipinski definition) is 3. The lowest BCUT2D eigenvalue weighted by Crippen LogP contribution is -2.09. The molecule has 108 valence electrons. The molecule has 21 heavy (non-hydrogen) atoms. The van der Waals surface area contributed by atoms with Gasteiger partial charge in [-0.25, -0.2) is 5.10 Å². The van der Waals surface area contributed by atoms with E-state index >= 15 is 0 Å². The van der Waals surface area contributed by atoms with Gasteiger partial charge in [-0.2, -0.15) is 5.10 Å². The molecule has 1 aromatic carbocycles. The molecule has 3 aromatic rings. The maximum absolute atomic E-state index is 11.1. The van der Waals surface area contributed by atoms with Gasteiger partial charge in [-0.1, -0.05) is 0 Å². The number of aryl methyl sites for hydroxylation is 2. The van der Waals surface area contributed by atoms with Crippen LogP contribution in [0.15, 0.2) is 35.3 Å². The number of nitrogens with zero attached hydrogens (tertiary/aromatic N) is 1.